The number of carbonyl (C=O) groups excluding carboxylic acids is 2. The summed E-state index contributed by atoms with van der Waals surface area (Å²) in [7, 11) is 0. The van der Waals surface area contributed by atoms with Crippen LogP contribution >= 0.6 is 11.3 Å². The lowest BCUT2D eigenvalue weighted by Crippen LogP contribution is -2.52. The van der Waals surface area contributed by atoms with Gasteiger partial charge in [0.15, 0.2) is 5.78 Å². The van der Waals surface area contributed by atoms with Crippen molar-refractivity contribution in [3.05, 3.63) is 82.4 Å². The topological polar surface area (TPSA) is 149 Å². The summed E-state index contributed by atoms with van der Waals surface area (Å²) in [5.41, 5.74) is 22.2. The Morgan fingerprint density at radius 2 is 1.97 bits per heavy atom. The van der Waals surface area contributed by atoms with Gasteiger partial charge in [-0.05, 0) is 42.3 Å². The Bertz CT molecular complexity index is 1510. The molecule has 1 fully saturated rings. The Balaban J connectivity index is 1.53. The van der Waals surface area contributed by atoms with Crippen LogP contribution in [-0.2, 0) is 10.3 Å². The van der Waals surface area contributed by atoms with Gasteiger partial charge in [-0.1, -0.05) is 36.4 Å². The van der Waals surface area contributed by atoms with E-state index in [0.717, 1.165) is 18.5 Å². The third kappa shape index (κ3) is 3.35. The highest BCUT2D eigenvalue weighted by Gasteiger charge is 2.49. The maximum absolute atomic E-state index is 14.0. The van der Waals surface area contributed by atoms with E-state index in [0.29, 0.717) is 49.6 Å². The number of carbonyl (C=O) groups is 2. The number of nitrogens with two attached hydrogens (primary N) is 3. The van der Waals surface area contributed by atoms with Gasteiger partial charge in [-0.2, -0.15) is 0 Å². The van der Waals surface area contributed by atoms with Gasteiger partial charge >= 0.3 is 0 Å². The van der Waals surface area contributed by atoms with Gasteiger partial charge in [0.25, 0.3) is 5.91 Å². The third-order valence-corrected chi connectivity index (χ3v) is 8.45. The molecule has 1 aliphatic carbocycles. The number of rotatable bonds is 4. The number of nitrogen functional groups attached to an aromatic ring is 1. The first-order valence-electron chi connectivity index (χ1n) is 11.9. The molecule has 0 bridgehead atoms. The Kier molecular flexibility index (Phi) is 5.38. The molecular weight excluding hydrogens is 472 g/mol. The molecule has 182 valence electrons. The molecule has 8 N–H and O–H groups in total. The van der Waals surface area contributed by atoms with E-state index in [2.05, 4.69) is 15.6 Å². The molecule has 1 aliphatic heterocycles. The fourth-order valence-electron chi connectivity index (χ4n) is 5.32. The molecule has 1 amide bonds. The lowest BCUT2D eigenvalue weighted by Gasteiger charge is -2.36. The molecule has 0 spiro atoms. The van der Waals surface area contributed by atoms with Crippen LogP contribution in [0.4, 0.5) is 5.69 Å². The van der Waals surface area contributed by atoms with E-state index in [4.69, 9.17) is 17.2 Å². The predicted octanol–water partition coefficient (Wildman–Crippen LogP) is 2.42. The van der Waals surface area contributed by atoms with Crippen molar-refractivity contribution in [1.82, 2.24) is 15.6 Å². The van der Waals surface area contributed by atoms with Crippen molar-refractivity contribution >= 4 is 38.8 Å². The lowest BCUT2D eigenvalue weighted by atomic mass is 9.70. The first-order valence-corrected chi connectivity index (χ1v) is 12.7. The number of hydrogen-bond donors (Lipinski definition) is 5. The molecule has 2 aromatic carbocycles. The SMILES string of the molecule is Nc1ccc2c3c(c(C(=O)NC4CCNC4)sc13)C(N)C(=O)C2(N)c1ccnc(-c2ccccc2)c1. The summed E-state index contributed by atoms with van der Waals surface area (Å²) in [6, 6.07) is 15.8. The van der Waals surface area contributed by atoms with Crippen LogP contribution in [0.5, 0.6) is 0 Å². The van der Waals surface area contributed by atoms with E-state index < -0.39 is 11.6 Å². The standard InChI is InChI=1S/C27H26N6O2S/c28-18-7-6-17-20-21(24(36-23(18)20)26(35)33-16-9-10-31-13-16)22(29)25(34)27(17,30)15-8-11-32-19(12-15)14-4-2-1-3-5-14/h1-8,11-12,16,22,31H,9-10,13,28-30H2,(H,33,35). The Morgan fingerprint density at radius 1 is 1.17 bits per heavy atom. The van der Waals surface area contributed by atoms with Crippen LogP contribution in [0.3, 0.4) is 0 Å². The quantitative estimate of drug-likeness (QED) is 0.271. The molecule has 0 saturated carbocycles. The second-order valence-corrected chi connectivity index (χ2v) is 10.4. The number of nitrogens with one attached hydrogen (secondary N) is 2. The molecule has 1 saturated heterocycles. The van der Waals surface area contributed by atoms with Gasteiger partial charge in [-0.15, -0.1) is 11.3 Å². The molecular formula is C27H26N6O2S. The Hall–Kier alpha value is -3.63. The number of aromatic nitrogens is 1. The largest absolute Gasteiger partial charge is 0.398 e. The van der Waals surface area contributed by atoms with Gasteiger partial charge in [0.05, 0.1) is 21.3 Å². The summed E-state index contributed by atoms with van der Waals surface area (Å²) < 4.78 is 0.715. The van der Waals surface area contributed by atoms with E-state index in [9.17, 15) is 9.59 Å². The second-order valence-electron chi connectivity index (χ2n) is 9.36. The van der Waals surface area contributed by atoms with Gasteiger partial charge in [-0.25, -0.2) is 0 Å². The van der Waals surface area contributed by atoms with E-state index in [1.807, 2.05) is 36.4 Å². The second kappa shape index (κ2) is 8.49. The minimum absolute atomic E-state index is 0.0315. The van der Waals surface area contributed by atoms with Crippen molar-refractivity contribution in [3.63, 3.8) is 0 Å². The van der Waals surface area contributed by atoms with Gasteiger partial charge in [0.2, 0.25) is 0 Å². The van der Waals surface area contributed by atoms with Crippen LogP contribution in [0.25, 0.3) is 21.3 Å². The maximum Gasteiger partial charge on any atom is 0.262 e. The maximum atomic E-state index is 14.0. The van der Waals surface area contributed by atoms with E-state index in [-0.39, 0.29) is 17.7 Å². The summed E-state index contributed by atoms with van der Waals surface area (Å²) in [4.78, 5) is 32.2. The van der Waals surface area contributed by atoms with Crippen LogP contribution in [0, 0.1) is 0 Å². The van der Waals surface area contributed by atoms with Crippen LogP contribution in [0.2, 0.25) is 0 Å². The molecule has 2 aliphatic rings. The van der Waals surface area contributed by atoms with Gasteiger partial charge < -0.3 is 27.8 Å². The number of nitrogens with zero attached hydrogens (tertiary/aromatic N) is 1. The lowest BCUT2D eigenvalue weighted by molar-refractivity contribution is -0.124. The number of amides is 1. The molecule has 3 atom stereocenters. The van der Waals surface area contributed by atoms with Crippen molar-refractivity contribution in [1.29, 1.82) is 0 Å². The monoisotopic (exact) mass is 498 g/mol. The minimum atomic E-state index is -1.52. The average Bonchev–Trinajstić information content (AvgIpc) is 3.56. The molecule has 3 unspecified atom stereocenters. The summed E-state index contributed by atoms with van der Waals surface area (Å²) in [5, 5.41) is 7.01. The highest BCUT2D eigenvalue weighted by molar-refractivity contribution is 7.21. The molecule has 4 aromatic rings. The van der Waals surface area contributed by atoms with E-state index >= 15 is 0 Å². The molecule has 6 rings (SSSR count). The van der Waals surface area contributed by atoms with Crippen LogP contribution in [-0.4, -0.2) is 35.8 Å². The minimum Gasteiger partial charge on any atom is -0.398 e. The zero-order valence-electron chi connectivity index (χ0n) is 19.5. The molecule has 9 heteroatoms. The molecule has 2 aromatic heterocycles. The van der Waals surface area contributed by atoms with Crippen molar-refractivity contribution in [3.8, 4) is 11.3 Å². The number of pyridine rings is 1. The number of thiophene rings is 1. The average molecular weight is 499 g/mol. The normalized spacial score (nSPS) is 23.2. The Morgan fingerprint density at radius 3 is 2.72 bits per heavy atom. The number of Topliss-reactive ketones (excluding diaryl/α,β-unsaturated/α-hetero) is 1. The van der Waals surface area contributed by atoms with Gasteiger partial charge in [0, 0.05) is 41.0 Å². The third-order valence-electron chi connectivity index (χ3n) is 7.20. The van der Waals surface area contributed by atoms with E-state index in [1.165, 1.54) is 11.3 Å². The summed E-state index contributed by atoms with van der Waals surface area (Å²) >= 11 is 1.26. The molecule has 0 radical (unpaired) electrons. The highest BCUT2D eigenvalue weighted by Crippen LogP contribution is 2.49. The number of hydrogen-bond acceptors (Lipinski definition) is 8. The first-order chi connectivity index (χ1) is 17.4. The summed E-state index contributed by atoms with van der Waals surface area (Å²) in [5.74, 6) is -0.616. The van der Waals surface area contributed by atoms with Gasteiger partial charge in [-0.3, -0.25) is 14.6 Å². The molecule has 8 nitrogen and oxygen atoms in total. The zero-order valence-corrected chi connectivity index (χ0v) is 20.3. The Labute approximate surface area is 211 Å². The van der Waals surface area contributed by atoms with Crippen LogP contribution < -0.4 is 27.8 Å². The predicted molar refractivity (Wildman–Crippen MR) is 142 cm³/mol. The number of benzene rings is 2. The molecule has 36 heavy (non-hydrogen) atoms. The van der Waals surface area contributed by atoms with Crippen LogP contribution in [0.1, 0.15) is 38.8 Å². The molecule has 3 heterocycles. The fraction of sp³-hybridized carbons (Fsp3) is 0.222. The first kappa shape index (κ1) is 22.8. The van der Waals surface area contributed by atoms with E-state index in [1.54, 1.807) is 24.4 Å². The van der Waals surface area contributed by atoms with Crippen molar-refractivity contribution < 1.29 is 9.59 Å². The van der Waals surface area contributed by atoms with Crippen LogP contribution in [0.15, 0.2) is 60.8 Å². The zero-order chi connectivity index (χ0) is 25.0. The number of anilines is 1. The summed E-state index contributed by atoms with van der Waals surface area (Å²) in [6.45, 7) is 1.56. The van der Waals surface area contributed by atoms with Gasteiger partial charge in [0.1, 0.15) is 5.54 Å². The summed E-state index contributed by atoms with van der Waals surface area (Å²) in [6.07, 6.45) is 2.50. The highest BCUT2D eigenvalue weighted by atomic mass is 32.1. The van der Waals surface area contributed by atoms with Crippen molar-refractivity contribution in [2.24, 2.45) is 11.5 Å². The van der Waals surface area contributed by atoms with Crippen molar-refractivity contribution in [2.45, 2.75) is 24.0 Å². The fourth-order valence-corrected chi connectivity index (χ4v) is 6.52. The number of ketones is 1. The van der Waals surface area contributed by atoms with Crippen molar-refractivity contribution in [2.75, 3.05) is 18.8 Å². The smallest absolute Gasteiger partial charge is 0.262 e.